The first-order valence-electron chi connectivity index (χ1n) is 9.48. The van der Waals surface area contributed by atoms with Crippen molar-refractivity contribution >= 4 is 23.0 Å². The molecule has 0 aliphatic carbocycles. The van der Waals surface area contributed by atoms with Crippen LogP contribution in [0.3, 0.4) is 0 Å². The maximum atomic E-state index is 14.7. The summed E-state index contributed by atoms with van der Waals surface area (Å²) < 4.78 is 14.7. The van der Waals surface area contributed by atoms with Crippen LogP contribution in [0.2, 0.25) is 0 Å². The van der Waals surface area contributed by atoms with Crippen molar-refractivity contribution in [3.05, 3.63) is 62.6 Å². The molecule has 1 amide bonds. The molecule has 0 radical (unpaired) electrons. The van der Waals surface area contributed by atoms with Crippen LogP contribution in [0.4, 0.5) is 4.39 Å². The Labute approximate surface area is 173 Å². The van der Waals surface area contributed by atoms with Crippen LogP contribution in [0.1, 0.15) is 38.4 Å². The van der Waals surface area contributed by atoms with E-state index in [-0.39, 0.29) is 11.1 Å². The zero-order chi connectivity index (χ0) is 21.3. The topological polar surface area (TPSA) is 74.9 Å². The molecule has 154 valence electrons. The number of amides is 1. The molecule has 3 rings (SSSR count). The van der Waals surface area contributed by atoms with Gasteiger partial charge in [0, 0.05) is 18.5 Å². The second-order valence-electron chi connectivity index (χ2n) is 7.47. The first-order valence-corrected chi connectivity index (χ1v) is 10.3. The molecule has 0 bridgehead atoms. The largest absolute Gasteiger partial charge is 0.503 e. The monoisotopic (exact) mass is 418 g/mol. The number of carbonyl (C=O) groups excluding carboxylic acids is 2. The van der Waals surface area contributed by atoms with Gasteiger partial charge in [0.15, 0.2) is 5.76 Å². The highest BCUT2D eigenvalue weighted by atomic mass is 32.1. The van der Waals surface area contributed by atoms with Crippen molar-refractivity contribution in [3.63, 3.8) is 0 Å². The molecule has 0 fully saturated rings. The van der Waals surface area contributed by atoms with Gasteiger partial charge < -0.3 is 14.9 Å². The lowest BCUT2D eigenvalue weighted by molar-refractivity contribution is -0.858. The molecule has 29 heavy (non-hydrogen) atoms. The second-order valence-corrected chi connectivity index (χ2v) is 8.68. The fourth-order valence-corrected chi connectivity index (χ4v) is 4.48. The number of benzene rings is 1. The van der Waals surface area contributed by atoms with Crippen LogP contribution in [-0.2, 0) is 4.79 Å². The van der Waals surface area contributed by atoms with E-state index in [0.717, 1.165) is 6.54 Å². The van der Waals surface area contributed by atoms with E-state index in [2.05, 4.69) is 4.98 Å². The van der Waals surface area contributed by atoms with E-state index in [9.17, 15) is 19.1 Å². The van der Waals surface area contributed by atoms with Gasteiger partial charge in [-0.15, -0.1) is 11.3 Å². The third-order valence-electron chi connectivity index (χ3n) is 4.93. The van der Waals surface area contributed by atoms with Gasteiger partial charge in [-0.2, -0.15) is 0 Å². The molecule has 1 aliphatic rings. The van der Waals surface area contributed by atoms with Crippen LogP contribution in [0.15, 0.2) is 35.6 Å². The van der Waals surface area contributed by atoms with E-state index >= 15 is 0 Å². The fraction of sp³-hybridized carbons (Fsp3) is 0.381. The van der Waals surface area contributed by atoms with Gasteiger partial charge in [-0.25, -0.2) is 9.37 Å². The molecule has 6 nitrogen and oxygen atoms in total. The zero-order valence-electron chi connectivity index (χ0n) is 17.0. The van der Waals surface area contributed by atoms with Gasteiger partial charge in [-0.3, -0.25) is 9.59 Å². The highest BCUT2D eigenvalue weighted by Gasteiger charge is 2.45. The molecule has 2 heterocycles. The molecule has 1 aromatic heterocycles. The van der Waals surface area contributed by atoms with Crippen molar-refractivity contribution in [2.75, 3.05) is 27.2 Å². The maximum absolute atomic E-state index is 14.7. The number of thiazole rings is 1. The Morgan fingerprint density at radius 3 is 2.59 bits per heavy atom. The molecule has 0 spiro atoms. The Morgan fingerprint density at radius 2 is 2.00 bits per heavy atom. The zero-order valence-corrected chi connectivity index (χ0v) is 17.8. The number of ketones is 1. The molecule has 2 N–H and O–H groups in total. The molecule has 1 aliphatic heterocycles. The van der Waals surface area contributed by atoms with Crippen molar-refractivity contribution in [2.45, 2.75) is 26.3 Å². The van der Waals surface area contributed by atoms with Crippen molar-refractivity contribution in [3.8, 4) is 0 Å². The fourth-order valence-electron chi connectivity index (χ4n) is 3.60. The smallest absolute Gasteiger partial charge is 0.290 e. The molecule has 0 unspecified atom stereocenters. The molecular weight excluding hydrogens is 393 g/mol. The van der Waals surface area contributed by atoms with Gasteiger partial charge in [-0.1, -0.05) is 18.2 Å². The van der Waals surface area contributed by atoms with Gasteiger partial charge in [0.1, 0.15) is 5.82 Å². The normalized spacial score (nSPS) is 17.0. The maximum Gasteiger partial charge on any atom is 0.290 e. The Morgan fingerprint density at radius 1 is 1.31 bits per heavy atom. The number of rotatable bonds is 7. The Kier molecular flexibility index (Phi) is 6.14. The van der Waals surface area contributed by atoms with Crippen LogP contribution in [0.25, 0.3) is 0 Å². The van der Waals surface area contributed by atoms with Crippen molar-refractivity contribution in [1.82, 2.24) is 9.88 Å². The summed E-state index contributed by atoms with van der Waals surface area (Å²) >= 11 is 1.20. The summed E-state index contributed by atoms with van der Waals surface area (Å²) in [5, 5.41) is 11.3. The lowest BCUT2D eigenvalue weighted by atomic mass is 9.94. The predicted molar refractivity (Wildman–Crippen MR) is 109 cm³/mol. The second kappa shape index (κ2) is 8.42. The Balaban J connectivity index is 2.06. The van der Waals surface area contributed by atoms with Gasteiger partial charge >= 0.3 is 0 Å². The van der Waals surface area contributed by atoms with E-state index in [1.807, 2.05) is 14.1 Å². The summed E-state index contributed by atoms with van der Waals surface area (Å²) in [4.78, 5) is 33.4. The summed E-state index contributed by atoms with van der Waals surface area (Å²) in [6.07, 6.45) is 0.659. The molecule has 1 atom stereocenters. The SMILES string of the molecule is Cc1nc(C)c(C(=O)C2=C(O)C(=O)N(CCC[NH+](C)C)[C@H]2c2ccccc2F)s1. The number of aromatic nitrogens is 1. The number of aliphatic hydroxyl groups excluding tert-OH is 1. The number of nitrogens with one attached hydrogen (secondary N) is 1. The van der Waals surface area contributed by atoms with Crippen molar-refractivity contribution < 1.29 is 24.0 Å². The molecule has 0 saturated carbocycles. The van der Waals surface area contributed by atoms with Gasteiger partial charge in [-0.05, 0) is 19.9 Å². The van der Waals surface area contributed by atoms with Crippen LogP contribution < -0.4 is 4.90 Å². The van der Waals surface area contributed by atoms with Gasteiger partial charge in [0.25, 0.3) is 5.91 Å². The number of nitrogens with zero attached hydrogens (tertiary/aromatic N) is 2. The number of aliphatic hydroxyl groups is 1. The minimum Gasteiger partial charge on any atom is -0.503 e. The van der Waals surface area contributed by atoms with Crippen molar-refractivity contribution in [2.24, 2.45) is 0 Å². The lowest BCUT2D eigenvalue weighted by Crippen LogP contribution is -3.05. The average molecular weight is 419 g/mol. The number of hydrogen-bond donors (Lipinski definition) is 2. The van der Waals surface area contributed by atoms with Crippen LogP contribution in [0, 0.1) is 19.7 Å². The highest BCUT2D eigenvalue weighted by molar-refractivity contribution is 7.14. The Bertz CT molecular complexity index is 983. The van der Waals surface area contributed by atoms with E-state index < -0.39 is 29.3 Å². The van der Waals surface area contributed by atoms with Gasteiger partial charge in [0.2, 0.25) is 5.78 Å². The number of Topliss-reactive ketones (excluding diaryl/α,β-unsaturated/α-hetero) is 1. The van der Waals surface area contributed by atoms with Crippen molar-refractivity contribution in [1.29, 1.82) is 0 Å². The van der Waals surface area contributed by atoms with Crippen LogP contribution >= 0.6 is 11.3 Å². The average Bonchev–Trinajstić information content (AvgIpc) is 3.12. The third-order valence-corrected chi connectivity index (χ3v) is 6.01. The van der Waals surface area contributed by atoms with Crippen LogP contribution in [0.5, 0.6) is 0 Å². The summed E-state index contributed by atoms with van der Waals surface area (Å²) in [5.74, 6) is -2.25. The number of halogens is 1. The third kappa shape index (κ3) is 4.09. The molecule has 8 heteroatoms. The number of aryl methyl sites for hydroxylation is 2. The standard InChI is InChI=1S/C21H24FN3O3S/c1-12-20(29-13(2)23-12)18(26)16-17(14-8-5-6-9-15(14)22)25(21(28)19(16)27)11-7-10-24(3)4/h5-6,8-9,17,27H,7,10-11H2,1-4H3/p+1/t17-/m0/s1. The summed E-state index contributed by atoms with van der Waals surface area (Å²) in [7, 11) is 4.00. The molecule has 2 aromatic rings. The summed E-state index contributed by atoms with van der Waals surface area (Å²) in [6.45, 7) is 4.60. The minimum atomic E-state index is -0.963. The predicted octanol–water partition coefficient (Wildman–Crippen LogP) is 2.01. The number of quaternary nitrogens is 1. The number of carbonyl (C=O) groups is 2. The van der Waals surface area contributed by atoms with E-state index in [0.29, 0.717) is 28.5 Å². The van der Waals surface area contributed by atoms with E-state index in [1.54, 1.807) is 32.0 Å². The number of hydrogen-bond acceptors (Lipinski definition) is 5. The van der Waals surface area contributed by atoms with Crippen LogP contribution in [-0.4, -0.2) is 53.9 Å². The molecule has 0 saturated heterocycles. The summed E-state index contributed by atoms with van der Waals surface area (Å²) in [6, 6.07) is 5.09. The highest BCUT2D eigenvalue weighted by Crippen LogP contribution is 2.40. The summed E-state index contributed by atoms with van der Waals surface area (Å²) in [5.41, 5.74) is 0.653. The lowest BCUT2D eigenvalue weighted by Gasteiger charge is -2.27. The molecule has 1 aromatic carbocycles. The van der Waals surface area contributed by atoms with E-state index in [4.69, 9.17) is 0 Å². The quantitative estimate of drug-likeness (QED) is 0.675. The Hall–Kier alpha value is -2.58. The van der Waals surface area contributed by atoms with Gasteiger partial charge in [0.05, 0.1) is 47.8 Å². The molecular formula is C21H25FN3O3S+. The van der Waals surface area contributed by atoms with E-state index in [1.165, 1.54) is 27.2 Å². The first kappa shape index (κ1) is 21.1. The first-order chi connectivity index (χ1) is 13.7. The minimum absolute atomic E-state index is 0.0796.